The summed E-state index contributed by atoms with van der Waals surface area (Å²) in [6.07, 6.45) is 35.1. The standard InChI is InChI=1S/C48H93NO11S/c1-3-5-7-9-11-13-15-17-18-19-20-21-22-23-24-26-28-30-32-34-36-38-44(52)49-41(42(51)37-35-33-31-29-27-25-16-14-12-10-8-6-4-2)40-58-48-46(54)47(60-61(55,56)57)45(53)43(39-50)59-48/h35,37,41-43,45-48,50-51,53-54H,3-34,36,38-40H2,1-2H3,(H,49,52)(H,55,56,57)/p-1/b37-35+/t41?,42?,43-,45+,46-,47+,48?/m1/s1. The summed E-state index contributed by atoms with van der Waals surface area (Å²) in [5, 5.41) is 44.6. The second-order valence-electron chi connectivity index (χ2n) is 17.7. The first kappa shape index (κ1) is 57.9. The monoisotopic (exact) mass is 891 g/mol. The lowest BCUT2D eigenvalue weighted by Gasteiger charge is -2.42. The van der Waals surface area contributed by atoms with Crippen molar-refractivity contribution in [1.82, 2.24) is 5.32 Å². The van der Waals surface area contributed by atoms with E-state index >= 15 is 0 Å². The molecule has 1 saturated heterocycles. The van der Waals surface area contributed by atoms with Crippen molar-refractivity contribution in [3.63, 3.8) is 0 Å². The largest absolute Gasteiger partial charge is 0.726 e. The third-order valence-corrected chi connectivity index (χ3v) is 12.5. The van der Waals surface area contributed by atoms with Crippen molar-refractivity contribution in [3.8, 4) is 0 Å². The van der Waals surface area contributed by atoms with E-state index in [0.717, 1.165) is 38.5 Å². The number of amides is 1. The number of nitrogens with one attached hydrogen (secondary N) is 1. The van der Waals surface area contributed by atoms with Crippen LogP contribution in [0.3, 0.4) is 0 Å². The van der Waals surface area contributed by atoms with Gasteiger partial charge in [-0.25, -0.2) is 8.42 Å². The molecule has 12 nitrogen and oxygen atoms in total. The Kier molecular flexibility index (Phi) is 37.2. The van der Waals surface area contributed by atoms with Crippen LogP contribution >= 0.6 is 0 Å². The van der Waals surface area contributed by atoms with Gasteiger partial charge in [-0.15, -0.1) is 0 Å². The van der Waals surface area contributed by atoms with Crippen LogP contribution in [0.1, 0.15) is 232 Å². The molecule has 61 heavy (non-hydrogen) atoms. The lowest BCUT2D eigenvalue weighted by molar-refractivity contribution is -0.298. The molecule has 1 fully saturated rings. The zero-order valence-electron chi connectivity index (χ0n) is 38.7. The van der Waals surface area contributed by atoms with Crippen molar-refractivity contribution in [2.75, 3.05) is 13.2 Å². The van der Waals surface area contributed by atoms with Crippen LogP contribution in [0.4, 0.5) is 0 Å². The van der Waals surface area contributed by atoms with E-state index in [4.69, 9.17) is 9.47 Å². The lowest BCUT2D eigenvalue weighted by atomic mass is 9.99. The molecule has 1 rings (SSSR count). The number of allylic oxidation sites excluding steroid dienone is 1. The van der Waals surface area contributed by atoms with Crippen LogP contribution in [-0.4, -0.2) is 95.4 Å². The van der Waals surface area contributed by atoms with Crippen LogP contribution in [0.5, 0.6) is 0 Å². The van der Waals surface area contributed by atoms with E-state index < -0.39 is 59.9 Å². The van der Waals surface area contributed by atoms with Crippen LogP contribution in [0.15, 0.2) is 12.2 Å². The Morgan fingerprint density at radius 1 is 0.656 bits per heavy atom. The van der Waals surface area contributed by atoms with Gasteiger partial charge < -0.3 is 39.8 Å². The molecule has 0 bridgehead atoms. The highest BCUT2D eigenvalue weighted by atomic mass is 32.3. The fraction of sp³-hybridized carbons (Fsp3) is 0.938. The predicted octanol–water partition coefficient (Wildman–Crippen LogP) is 9.99. The van der Waals surface area contributed by atoms with Gasteiger partial charge in [-0.1, -0.05) is 219 Å². The maximum atomic E-state index is 13.0. The topological polar surface area (TPSA) is 195 Å². The molecule has 1 amide bonds. The molecule has 0 spiro atoms. The maximum absolute atomic E-state index is 13.0. The van der Waals surface area contributed by atoms with Gasteiger partial charge in [0.15, 0.2) is 6.29 Å². The normalized spacial score (nSPS) is 20.7. The number of carbonyl (C=O) groups excluding carboxylic acids is 1. The van der Waals surface area contributed by atoms with E-state index in [1.54, 1.807) is 6.08 Å². The van der Waals surface area contributed by atoms with Crippen molar-refractivity contribution in [1.29, 1.82) is 0 Å². The Morgan fingerprint density at radius 2 is 1.05 bits per heavy atom. The van der Waals surface area contributed by atoms with Gasteiger partial charge in [0.05, 0.1) is 25.4 Å². The fourth-order valence-electron chi connectivity index (χ4n) is 8.16. The molecule has 0 saturated carbocycles. The molecule has 3 unspecified atom stereocenters. The number of ether oxygens (including phenoxy) is 2. The molecule has 362 valence electrons. The summed E-state index contributed by atoms with van der Waals surface area (Å²) in [4.78, 5) is 13.0. The van der Waals surface area contributed by atoms with Crippen LogP contribution in [-0.2, 0) is 28.9 Å². The van der Waals surface area contributed by atoms with Crippen molar-refractivity contribution < 1.29 is 51.8 Å². The third kappa shape index (κ3) is 32.2. The third-order valence-electron chi connectivity index (χ3n) is 12.1. The second kappa shape index (κ2) is 39.2. The minimum absolute atomic E-state index is 0.267. The molecule has 1 heterocycles. The van der Waals surface area contributed by atoms with E-state index in [-0.39, 0.29) is 18.9 Å². The lowest BCUT2D eigenvalue weighted by Crippen LogP contribution is -2.61. The first-order valence-electron chi connectivity index (χ1n) is 25.1. The maximum Gasteiger partial charge on any atom is 0.220 e. The molecule has 5 N–H and O–H groups in total. The van der Waals surface area contributed by atoms with Gasteiger partial charge in [-0.3, -0.25) is 8.98 Å². The van der Waals surface area contributed by atoms with Gasteiger partial charge >= 0.3 is 0 Å². The summed E-state index contributed by atoms with van der Waals surface area (Å²) >= 11 is 0. The van der Waals surface area contributed by atoms with Gasteiger partial charge in [-0.05, 0) is 19.3 Å². The minimum atomic E-state index is -5.33. The smallest absolute Gasteiger partial charge is 0.220 e. The molecule has 1 aliphatic rings. The van der Waals surface area contributed by atoms with Gasteiger partial charge in [0, 0.05) is 6.42 Å². The molecule has 13 heteroatoms. The Labute approximate surface area is 372 Å². The number of unbranched alkanes of at least 4 members (excludes halogenated alkanes) is 31. The molecule has 7 atom stereocenters. The van der Waals surface area contributed by atoms with Crippen molar-refractivity contribution in [3.05, 3.63) is 12.2 Å². The summed E-state index contributed by atoms with van der Waals surface area (Å²) < 4.78 is 49.4. The molecule has 0 aromatic rings. The molecule has 0 radical (unpaired) electrons. The Hall–Kier alpha value is -1.16. The number of aliphatic hydroxyl groups excluding tert-OH is 4. The number of rotatable bonds is 43. The molecular formula is C48H92NO11S-. The number of hydrogen-bond acceptors (Lipinski definition) is 11. The highest BCUT2D eigenvalue weighted by Gasteiger charge is 2.47. The number of aliphatic hydroxyl groups is 4. The highest BCUT2D eigenvalue weighted by molar-refractivity contribution is 7.80. The van der Waals surface area contributed by atoms with Gasteiger partial charge in [0.1, 0.15) is 24.4 Å². The summed E-state index contributed by atoms with van der Waals surface area (Å²) in [6.45, 7) is 3.36. The summed E-state index contributed by atoms with van der Waals surface area (Å²) in [6, 6.07) is -0.950. The van der Waals surface area contributed by atoms with Gasteiger partial charge in [0.2, 0.25) is 16.3 Å². The van der Waals surface area contributed by atoms with E-state index in [1.807, 2.05) is 6.08 Å². The summed E-state index contributed by atoms with van der Waals surface area (Å²) in [5.41, 5.74) is 0. The van der Waals surface area contributed by atoms with Crippen LogP contribution < -0.4 is 5.32 Å². The number of hydrogen-bond donors (Lipinski definition) is 5. The average molecular weight is 891 g/mol. The van der Waals surface area contributed by atoms with Gasteiger partial charge in [-0.2, -0.15) is 0 Å². The highest BCUT2D eigenvalue weighted by Crippen LogP contribution is 2.26. The van der Waals surface area contributed by atoms with Crippen LogP contribution in [0, 0.1) is 0 Å². The predicted molar refractivity (Wildman–Crippen MR) is 244 cm³/mol. The molecule has 1 aliphatic heterocycles. The van der Waals surface area contributed by atoms with Crippen molar-refractivity contribution in [2.24, 2.45) is 0 Å². The van der Waals surface area contributed by atoms with E-state index in [1.165, 1.54) is 167 Å². The van der Waals surface area contributed by atoms with E-state index in [9.17, 15) is 38.2 Å². The SMILES string of the molecule is CCCCCCCCCCCCC/C=C/C(O)C(COC1O[C@H](CO)[C@H](O)[C@H](OS(=O)(=O)[O-])[C@H]1O)NC(=O)CCCCCCCCCCCCCCCCCCCCCCC. The fourth-order valence-corrected chi connectivity index (χ4v) is 8.66. The molecule has 0 aliphatic carbocycles. The first-order valence-corrected chi connectivity index (χ1v) is 26.4. The zero-order chi connectivity index (χ0) is 44.8. The minimum Gasteiger partial charge on any atom is -0.726 e. The summed E-state index contributed by atoms with van der Waals surface area (Å²) in [7, 11) is -5.33. The molecule has 0 aromatic carbocycles. The Bertz CT molecular complexity index is 1140. The van der Waals surface area contributed by atoms with E-state index in [0.29, 0.717) is 6.42 Å². The molecular weight excluding hydrogens is 799 g/mol. The Morgan fingerprint density at radius 3 is 1.44 bits per heavy atom. The zero-order valence-corrected chi connectivity index (χ0v) is 39.5. The van der Waals surface area contributed by atoms with Crippen molar-refractivity contribution in [2.45, 2.75) is 275 Å². The van der Waals surface area contributed by atoms with Gasteiger partial charge in [0.25, 0.3) is 0 Å². The Balaban J connectivity index is 2.42. The average Bonchev–Trinajstić information content (AvgIpc) is 3.23. The second-order valence-corrected chi connectivity index (χ2v) is 18.8. The van der Waals surface area contributed by atoms with E-state index in [2.05, 4.69) is 23.3 Å². The van der Waals surface area contributed by atoms with Crippen molar-refractivity contribution >= 4 is 16.3 Å². The first-order chi connectivity index (χ1) is 29.5. The number of carbonyl (C=O) groups is 1. The molecule has 0 aromatic heterocycles. The quantitative estimate of drug-likeness (QED) is 0.0169. The van der Waals surface area contributed by atoms with Crippen LogP contribution in [0.2, 0.25) is 0 Å². The van der Waals surface area contributed by atoms with Crippen LogP contribution in [0.25, 0.3) is 0 Å². The summed E-state index contributed by atoms with van der Waals surface area (Å²) in [5.74, 6) is -0.267.